The zero-order valence-corrected chi connectivity index (χ0v) is 11.2. The largest absolute Gasteiger partial charge is 0.318 e. The summed E-state index contributed by atoms with van der Waals surface area (Å²) in [5, 5.41) is 0. The van der Waals surface area contributed by atoms with Gasteiger partial charge in [0.15, 0.2) is 0 Å². The van der Waals surface area contributed by atoms with E-state index in [2.05, 4.69) is 4.98 Å². The minimum Gasteiger partial charge on any atom is -0.318 e. The Balaban J connectivity index is 0.00000128. The normalized spacial score (nSPS) is 12.8. The van der Waals surface area contributed by atoms with Crippen LogP contribution < -0.4 is 5.73 Å². The molecular formula is C13H16Cl2N2. The van der Waals surface area contributed by atoms with Gasteiger partial charge >= 0.3 is 0 Å². The van der Waals surface area contributed by atoms with Crippen LogP contribution in [0, 0.1) is 0 Å². The van der Waals surface area contributed by atoms with E-state index in [4.69, 9.17) is 5.73 Å². The van der Waals surface area contributed by atoms with Gasteiger partial charge in [0, 0.05) is 12.4 Å². The third kappa shape index (κ3) is 3.43. The maximum atomic E-state index is 6.32. The topological polar surface area (TPSA) is 38.9 Å². The van der Waals surface area contributed by atoms with Crippen LogP contribution in [0.5, 0.6) is 0 Å². The monoisotopic (exact) mass is 270 g/mol. The van der Waals surface area contributed by atoms with Crippen LogP contribution in [-0.4, -0.2) is 4.98 Å². The van der Waals surface area contributed by atoms with Gasteiger partial charge in [0.25, 0.3) is 0 Å². The van der Waals surface area contributed by atoms with Gasteiger partial charge in [-0.2, -0.15) is 0 Å². The summed E-state index contributed by atoms with van der Waals surface area (Å²) in [6.45, 7) is 2.00. The van der Waals surface area contributed by atoms with Gasteiger partial charge in [0.05, 0.1) is 5.54 Å². The lowest BCUT2D eigenvalue weighted by molar-refractivity contribution is 0.600. The number of benzene rings is 1. The molecule has 0 saturated heterocycles. The minimum atomic E-state index is -0.477. The lowest BCUT2D eigenvalue weighted by Crippen LogP contribution is -2.34. The van der Waals surface area contributed by atoms with Crippen LogP contribution in [0.2, 0.25) is 0 Å². The Kier molecular flexibility index (Phi) is 6.18. The fourth-order valence-electron chi connectivity index (χ4n) is 1.62. The van der Waals surface area contributed by atoms with Crippen LogP contribution in [0.3, 0.4) is 0 Å². The first-order valence-corrected chi connectivity index (χ1v) is 4.96. The Morgan fingerprint density at radius 3 is 2.06 bits per heavy atom. The van der Waals surface area contributed by atoms with Crippen molar-refractivity contribution in [3.63, 3.8) is 0 Å². The van der Waals surface area contributed by atoms with Crippen molar-refractivity contribution < 1.29 is 0 Å². The van der Waals surface area contributed by atoms with Crippen molar-refractivity contribution in [2.24, 2.45) is 5.73 Å². The van der Waals surface area contributed by atoms with E-state index in [0.29, 0.717) is 0 Å². The molecule has 2 rings (SSSR count). The zero-order chi connectivity index (χ0) is 10.7. The molecule has 1 unspecified atom stereocenters. The maximum absolute atomic E-state index is 6.32. The first-order valence-electron chi connectivity index (χ1n) is 4.96. The number of pyridine rings is 1. The predicted molar refractivity (Wildman–Crippen MR) is 75.8 cm³/mol. The van der Waals surface area contributed by atoms with E-state index in [-0.39, 0.29) is 24.8 Å². The molecule has 92 valence electrons. The minimum absolute atomic E-state index is 0. The molecule has 2 nitrogen and oxygen atoms in total. The SMILES string of the molecule is CC(N)(c1ccccc1)c1cccnc1.Cl.Cl. The van der Waals surface area contributed by atoms with Gasteiger partial charge < -0.3 is 5.73 Å². The smallest absolute Gasteiger partial charge is 0.0652 e. The highest BCUT2D eigenvalue weighted by Crippen LogP contribution is 2.24. The first kappa shape index (κ1) is 15.9. The molecule has 2 N–H and O–H groups in total. The van der Waals surface area contributed by atoms with Crippen molar-refractivity contribution in [1.82, 2.24) is 4.98 Å². The highest BCUT2D eigenvalue weighted by Gasteiger charge is 2.23. The van der Waals surface area contributed by atoms with Crippen LogP contribution in [0.1, 0.15) is 18.1 Å². The highest BCUT2D eigenvalue weighted by molar-refractivity contribution is 5.85. The molecule has 1 aromatic carbocycles. The van der Waals surface area contributed by atoms with Crippen molar-refractivity contribution in [3.05, 3.63) is 66.0 Å². The lowest BCUT2D eigenvalue weighted by Gasteiger charge is -2.25. The molecule has 1 aromatic heterocycles. The Morgan fingerprint density at radius 1 is 0.941 bits per heavy atom. The fraction of sp³-hybridized carbons (Fsp3) is 0.154. The molecule has 0 saturated carbocycles. The summed E-state index contributed by atoms with van der Waals surface area (Å²) in [5.74, 6) is 0. The molecule has 0 aliphatic heterocycles. The molecule has 1 heterocycles. The van der Waals surface area contributed by atoms with E-state index in [1.165, 1.54) is 0 Å². The molecule has 0 spiro atoms. The summed E-state index contributed by atoms with van der Waals surface area (Å²) < 4.78 is 0. The van der Waals surface area contributed by atoms with Gasteiger partial charge in [0.2, 0.25) is 0 Å². The fourth-order valence-corrected chi connectivity index (χ4v) is 1.62. The second-order valence-electron chi connectivity index (χ2n) is 3.81. The average Bonchev–Trinajstić information content (AvgIpc) is 2.31. The highest BCUT2D eigenvalue weighted by atomic mass is 35.5. The quantitative estimate of drug-likeness (QED) is 0.911. The summed E-state index contributed by atoms with van der Waals surface area (Å²) in [6, 6.07) is 14.0. The third-order valence-corrected chi connectivity index (χ3v) is 2.63. The molecule has 0 fully saturated rings. The van der Waals surface area contributed by atoms with Crippen LogP contribution in [0.25, 0.3) is 0 Å². The van der Waals surface area contributed by atoms with Crippen LogP contribution >= 0.6 is 24.8 Å². The number of nitrogens with two attached hydrogens (primary N) is 1. The standard InChI is InChI=1S/C13H14N2.2ClH/c1-13(14,11-6-3-2-4-7-11)12-8-5-9-15-10-12;;/h2-10H,14H2,1H3;2*1H. The van der Waals surface area contributed by atoms with Crippen molar-refractivity contribution in [2.45, 2.75) is 12.5 Å². The van der Waals surface area contributed by atoms with E-state index in [1.54, 1.807) is 6.20 Å². The molecule has 1 atom stereocenters. The van der Waals surface area contributed by atoms with E-state index in [9.17, 15) is 0 Å². The zero-order valence-electron chi connectivity index (χ0n) is 9.54. The Hall–Kier alpha value is -1.09. The summed E-state index contributed by atoms with van der Waals surface area (Å²) in [7, 11) is 0. The number of aromatic nitrogens is 1. The molecule has 17 heavy (non-hydrogen) atoms. The third-order valence-electron chi connectivity index (χ3n) is 2.63. The van der Waals surface area contributed by atoms with Gasteiger partial charge in [-0.3, -0.25) is 4.98 Å². The van der Waals surface area contributed by atoms with Crippen molar-refractivity contribution >= 4 is 24.8 Å². The van der Waals surface area contributed by atoms with Gasteiger partial charge in [-0.15, -0.1) is 24.8 Å². The molecule has 4 heteroatoms. The number of hydrogen-bond donors (Lipinski definition) is 1. The van der Waals surface area contributed by atoms with Crippen LogP contribution in [0.4, 0.5) is 0 Å². The maximum Gasteiger partial charge on any atom is 0.0652 e. The van der Waals surface area contributed by atoms with E-state index in [1.807, 2.05) is 55.6 Å². The number of rotatable bonds is 2. The molecule has 0 amide bonds. The van der Waals surface area contributed by atoms with Gasteiger partial charge in [0.1, 0.15) is 0 Å². The second-order valence-corrected chi connectivity index (χ2v) is 3.81. The predicted octanol–water partition coefficient (Wildman–Crippen LogP) is 3.15. The summed E-state index contributed by atoms with van der Waals surface area (Å²) >= 11 is 0. The van der Waals surface area contributed by atoms with E-state index < -0.39 is 5.54 Å². The number of nitrogens with zero attached hydrogens (tertiary/aromatic N) is 1. The average molecular weight is 271 g/mol. The van der Waals surface area contributed by atoms with Gasteiger partial charge in [-0.05, 0) is 24.1 Å². The molecule has 2 aromatic rings. The first-order chi connectivity index (χ1) is 7.21. The van der Waals surface area contributed by atoms with Crippen molar-refractivity contribution in [1.29, 1.82) is 0 Å². The molecular weight excluding hydrogens is 255 g/mol. The molecule has 0 aliphatic rings. The van der Waals surface area contributed by atoms with Crippen molar-refractivity contribution in [3.8, 4) is 0 Å². The van der Waals surface area contributed by atoms with E-state index >= 15 is 0 Å². The Labute approximate surface area is 114 Å². The lowest BCUT2D eigenvalue weighted by atomic mass is 9.87. The number of halogens is 2. The van der Waals surface area contributed by atoms with Crippen LogP contribution in [0.15, 0.2) is 54.9 Å². The van der Waals surface area contributed by atoms with E-state index in [0.717, 1.165) is 11.1 Å². The summed E-state index contributed by atoms with van der Waals surface area (Å²) in [6.07, 6.45) is 3.57. The Bertz CT molecular complexity index is 388. The van der Waals surface area contributed by atoms with Crippen LogP contribution in [-0.2, 0) is 5.54 Å². The van der Waals surface area contributed by atoms with Gasteiger partial charge in [-0.25, -0.2) is 0 Å². The second kappa shape index (κ2) is 6.60. The molecule has 0 radical (unpaired) electrons. The molecule has 0 aliphatic carbocycles. The number of hydrogen-bond acceptors (Lipinski definition) is 2. The summed E-state index contributed by atoms with van der Waals surface area (Å²) in [4.78, 5) is 4.10. The van der Waals surface area contributed by atoms with Crippen molar-refractivity contribution in [2.75, 3.05) is 0 Å². The Morgan fingerprint density at radius 2 is 1.53 bits per heavy atom. The van der Waals surface area contributed by atoms with Gasteiger partial charge in [-0.1, -0.05) is 36.4 Å². The summed E-state index contributed by atoms with van der Waals surface area (Å²) in [5.41, 5.74) is 7.96. The molecule has 0 bridgehead atoms.